The third-order valence-corrected chi connectivity index (χ3v) is 4.58. The van der Waals surface area contributed by atoms with Gasteiger partial charge in [0.1, 0.15) is 0 Å². The van der Waals surface area contributed by atoms with Crippen LogP contribution in [-0.2, 0) is 4.79 Å². The van der Waals surface area contributed by atoms with Crippen molar-refractivity contribution in [3.05, 3.63) is 37.4 Å². The molecule has 0 atom stereocenters. The van der Waals surface area contributed by atoms with Crippen molar-refractivity contribution in [3.63, 3.8) is 0 Å². The zero-order valence-electron chi connectivity index (χ0n) is 7.42. The second kappa shape index (κ2) is 4.93. The maximum absolute atomic E-state index is 10.3. The number of aliphatic carboxylic acids is 1. The Morgan fingerprint density at radius 1 is 1.57 bits per heavy atom. The molecule has 4 heteroatoms. The Hall–Kier alpha value is -0.360. The van der Waals surface area contributed by atoms with Gasteiger partial charge in [0.15, 0.2) is 0 Å². The molecule has 0 aliphatic heterocycles. The predicted octanol–water partition coefficient (Wildman–Crippen LogP) is 3.46. The molecule has 0 saturated carbocycles. The molecular weight excluding hydrogens is 359 g/mol. The fraction of sp³-hybridized carbons (Fsp3) is 0.100. The lowest BCUT2D eigenvalue weighted by Crippen LogP contribution is -1.89. The third kappa shape index (κ3) is 2.81. The molecule has 0 aliphatic carbocycles. The number of carboxylic acids is 1. The van der Waals surface area contributed by atoms with Gasteiger partial charge in [0.2, 0.25) is 0 Å². The van der Waals surface area contributed by atoms with E-state index >= 15 is 0 Å². The van der Waals surface area contributed by atoms with E-state index < -0.39 is 5.97 Å². The van der Waals surface area contributed by atoms with Gasteiger partial charge in [-0.05, 0) is 68.7 Å². The van der Waals surface area contributed by atoms with Crippen molar-refractivity contribution in [2.75, 3.05) is 0 Å². The van der Waals surface area contributed by atoms with Gasteiger partial charge in [-0.1, -0.05) is 6.07 Å². The molecule has 0 aliphatic rings. The summed E-state index contributed by atoms with van der Waals surface area (Å²) >= 11 is 5.64. The van der Waals surface area contributed by atoms with Crippen molar-refractivity contribution < 1.29 is 9.90 Å². The van der Waals surface area contributed by atoms with Crippen LogP contribution in [0.2, 0.25) is 0 Å². The molecule has 1 rings (SSSR count). The van der Waals surface area contributed by atoms with Gasteiger partial charge < -0.3 is 5.11 Å². The molecule has 0 spiro atoms. The van der Waals surface area contributed by atoms with Crippen LogP contribution < -0.4 is 0 Å². The van der Waals surface area contributed by atoms with Crippen LogP contribution in [0.1, 0.15) is 11.1 Å². The molecule has 0 unspecified atom stereocenters. The molecule has 1 aromatic carbocycles. The fourth-order valence-electron chi connectivity index (χ4n) is 1.01. The van der Waals surface area contributed by atoms with E-state index in [4.69, 9.17) is 5.11 Å². The Morgan fingerprint density at radius 2 is 2.21 bits per heavy atom. The topological polar surface area (TPSA) is 37.3 Å². The zero-order chi connectivity index (χ0) is 10.7. The molecule has 0 aromatic heterocycles. The molecule has 0 heterocycles. The van der Waals surface area contributed by atoms with Crippen molar-refractivity contribution in [3.8, 4) is 0 Å². The largest absolute Gasteiger partial charge is 0.478 e. The first-order valence-electron chi connectivity index (χ1n) is 3.88. The first kappa shape index (κ1) is 11.7. The number of rotatable bonds is 2. The normalized spacial score (nSPS) is 10.8. The van der Waals surface area contributed by atoms with Gasteiger partial charge in [-0.15, -0.1) is 0 Å². The summed E-state index contributed by atoms with van der Waals surface area (Å²) < 4.78 is 2.14. The molecule has 74 valence electrons. The van der Waals surface area contributed by atoms with Crippen LogP contribution in [0.3, 0.4) is 0 Å². The van der Waals surface area contributed by atoms with E-state index in [9.17, 15) is 4.79 Å². The zero-order valence-corrected chi connectivity index (χ0v) is 11.2. The van der Waals surface area contributed by atoms with Crippen LogP contribution in [0.4, 0.5) is 0 Å². The van der Waals surface area contributed by atoms with E-state index in [1.54, 1.807) is 6.08 Å². The highest BCUT2D eigenvalue weighted by molar-refractivity contribution is 14.1. The second-order valence-corrected chi connectivity index (χ2v) is 4.68. The number of benzene rings is 1. The van der Waals surface area contributed by atoms with Gasteiger partial charge in [-0.25, -0.2) is 4.79 Å². The lowest BCUT2D eigenvalue weighted by molar-refractivity contribution is -0.131. The Balaban J connectivity index is 3.12. The lowest BCUT2D eigenvalue weighted by atomic mass is 10.1. The number of halogens is 2. The Kier molecular flexibility index (Phi) is 4.12. The number of carboxylic acid groups (broad SMARTS) is 1. The monoisotopic (exact) mass is 366 g/mol. The van der Waals surface area contributed by atoms with Gasteiger partial charge >= 0.3 is 5.97 Å². The van der Waals surface area contributed by atoms with Crippen LogP contribution in [0.15, 0.2) is 22.7 Å². The summed E-state index contributed by atoms with van der Waals surface area (Å²) in [6.07, 6.45) is 2.75. The summed E-state index contributed by atoms with van der Waals surface area (Å²) in [4.78, 5) is 10.3. The maximum Gasteiger partial charge on any atom is 0.328 e. The SMILES string of the molecule is Cc1c(/C=C/C(=O)O)ccc(Br)c1I. The first-order chi connectivity index (χ1) is 6.52. The smallest absolute Gasteiger partial charge is 0.328 e. The van der Waals surface area contributed by atoms with Crippen molar-refractivity contribution in [2.24, 2.45) is 0 Å². The highest BCUT2D eigenvalue weighted by Gasteiger charge is 2.03. The number of hydrogen-bond acceptors (Lipinski definition) is 1. The van der Waals surface area contributed by atoms with Gasteiger partial charge in [-0.3, -0.25) is 0 Å². The summed E-state index contributed by atoms with van der Waals surface area (Å²) in [5.74, 6) is -0.928. The van der Waals surface area contributed by atoms with Crippen LogP contribution in [-0.4, -0.2) is 11.1 Å². The van der Waals surface area contributed by atoms with Gasteiger partial charge in [0, 0.05) is 14.1 Å². The molecular formula is C10H8BrIO2. The van der Waals surface area contributed by atoms with Crippen molar-refractivity contribution >= 4 is 50.6 Å². The van der Waals surface area contributed by atoms with E-state index in [2.05, 4.69) is 38.5 Å². The average molecular weight is 367 g/mol. The summed E-state index contributed by atoms with van der Waals surface area (Å²) in [5.41, 5.74) is 2.01. The van der Waals surface area contributed by atoms with E-state index in [0.717, 1.165) is 25.2 Å². The van der Waals surface area contributed by atoms with Crippen molar-refractivity contribution in [2.45, 2.75) is 6.92 Å². The van der Waals surface area contributed by atoms with E-state index in [1.165, 1.54) is 0 Å². The number of carbonyl (C=O) groups is 1. The molecule has 1 aromatic rings. The minimum atomic E-state index is -0.928. The first-order valence-corrected chi connectivity index (χ1v) is 5.75. The standard InChI is InChI=1S/C10H8BrIO2/c1-6-7(3-5-9(13)14)2-4-8(11)10(6)12/h2-5H,1H3,(H,13,14)/b5-3+. The van der Waals surface area contributed by atoms with Gasteiger partial charge in [0.25, 0.3) is 0 Å². The van der Waals surface area contributed by atoms with Crippen LogP contribution in [0, 0.1) is 10.5 Å². The van der Waals surface area contributed by atoms with Gasteiger partial charge in [-0.2, -0.15) is 0 Å². The Labute approximate surface area is 104 Å². The maximum atomic E-state index is 10.3. The molecule has 2 nitrogen and oxygen atoms in total. The van der Waals surface area contributed by atoms with E-state index in [1.807, 2.05) is 19.1 Å². The van der Waals surface area contributed by atoms with Crippen molar-refractivity contribution in [1.29, 1.82) is 0 Å². The minimum absolute atomic E-state index is 0.928. The molecule has 0 saturated heterocycles. The van der Waals surface area contributed by atoms with Crippen LogP contribution in [0.5, 0.6) is 0 Å². The fourth-order valence-corrected chi connectivity index (χ4v) is 1.93. The molecule has 0 fully saturated rings. The summed E-state index contributed by atoms with van der Waals surface area (Å²) in [7, 11) is 0. The van der Waals surface area contributed by atoms with Crippen molar-refractivity contribution in [1.82, 2.24) is 0 Å². The molecule has 0 amide bonds. The van der Waals surface area contributed by atoms with E-state index in [0.29, 0.717) is 0 Å². The summed E-state index contributed by atoms with van der Waals surface area (Å²) in [5, 5.41) is 8.49. The average Bonchev–Trinajstić information content (AvgIpc) is 2.13. The van der Waals surface area contributed by atoms with Crippen LogP contribution >= 0.6 is 38.5 Å². The minimum Gasteiger partial charge on any atom is -0.478 e. The Morgan fingerprint density at radius 3 is 2.79 bits per heavy atom. The molecule has 0 bridgehead atoms. The van der Waals surface area contributed by atoms with E-state index in [-0.39, 0.29) is 0 Å². The summed E-state index contributed by atoms with van der Waals surface area (Å²) in [6, 6.07) is 3.80. The summed E-state index contributed by atoms with van der Waals surface area (Å²) in [6.45, 7) is 1.97. The Bertz CT molecular complexity index is 399. The molecule has 1 N–H and O–H groups in total. The lowest BCUT2D eigenvalue weighted by Gasteiger charge is -2.04. The predicted molar refractivity (Wildman–Crippen MR) is 68.3 cm³/mol. The second-order valence-electron chi connectivity index (χ2n) is 2.75. The molecule has 14 heavy (non-hydrogen) atoms. The molecule has 0 radical (unpaired) electrons. The quantitative estimate of drug-likeness (QED) is 0.642. The highest BCUT2D eigenvalue weighted by Crippen LogP contribution is 2.25. The number of hydrogen-bond donors (Lipinski definition) is 1. The third-order valence-electron chi connectivity index (χ3n) is 1.79. The van der Waals surface area contributed by atoms with Crippen LogP contribution in [0.25, 0.3) is 6.08 Å². The highest BCUT2D eigenvalue weighted by atomic mass is 127. The van der Waals surface area contributed by atoms with Gasteiger partial charge in [0.05, 0.1) is 0 Å².